The molecule has 2 N–H and O–H groups in total. The van der Waals surface area contributed by atoms with Crippen LogP contribution >= 0.6 is 27.7 Å². The van der Waals surface area contributed by atoms with Gasteiger partial charge in [0.25, 0.3) is 0 Å². The fraction of sp³-hybridized carbons (Fsp3) is 0.571. The Kier molecular flexibility index (Phi) is 7.79. The molecule has 1 unspecified atom stereocenters. The van der Waals surface area contributed by atoms with Gasteiger partial charge in [-0.2, -0.15) is 11.8 Å². The van der Waals surface area contributed by atoms with Crippen molar-refractivity contribution in [3.63, 3.8) is 0 Å². The largest absolute Gasteiger partial charge is 0.492 e. The van der Waals surface area contributed by atoms with Crippen molar-refractivity contribution in [3.8, 4) is 5.75 Å². The van der Waals surface area contributed by atoms with E-state index in [2.05, 4.69) is 35.2 Å². The summed E-state index contributed by atoms with van der Waals surface area (Å²) in [5, 5.41) is 0. The highest BCUT2D eigenvalue weighted by Crippen LogP contribution is 2.30. The van der Waals surface area contributed by atoms with E-state index >= 15 is 0 Å². The van der Waals surface area contributed by atoms with Gasteiger partial charge in [-0.05, 0) is 58.8 Å². The molecule has 0 aliphatic heterocycles. The first-order chi connectivity index (χ1) is 8.69. The van der Waals surface area contributed by atoms with Crippen LogP contribution in [0.3, 0.4) is 0 Å². The molecule has 0 spiro atoms. The maximum absolute atomic E-state index is 6.03. The molecule has 0 aliphatic carbocycles. The minimum absolute atomic E-state index is 0.202. The minimum Gasteiger partial charge on any atom is -0.492 e. The smallest absolute Gasteiger partial charge is 0.136 e. The lowest BCUT2D eigenvalue weighted by atomic mass is 10.0. The molecule has 0 bridgehead atoms. The van der Waals surface area contributed by atoms with Gasteiger partial charge < -0.3 is 10.5 Å². The average Bonchev–Trinajstić information content (AvgIpc) is 2.37. The van der Waals surface area contributed by atoms with Crippen LogP contribution in [0.1, 0.15) is 25.3 Å². The van der Waals surface area contributed by atoms with E-state index < -0.39 is 0 Å². The molecule has 0 saturated carbocycles. The van der Waals surface area contributed by atoms with Gasteiger partial charge in [-0.15, -0.1) is 0 Å². The van der Waals surface area contributed by atoms with Crippen molar-refractivity contribution in [1.82, 2.24) is 0 Å². The number of rotatable bonds is 8. The molecule has 18 heavy (non-hydrogen) atoms. The first kappa shape index (κ1) is 15.9. The Morgan fingerprint density at radius 1 is 1.44 bits per heavy atom. The Bertz CT molecular complexity index is 360. The fourth-order valence-corrected chi connectivity index (χ4v) is 2.61. The maximum Gasteiger partial charge on any atom is 0.136 e. The zero-order valence-electron chi connectivity index (χ0n) is 11.1. The van der Waals surface area contributed by atoms with E-state index in [0.717, 1.165) is 41.8 Å². The molecule has 0 aromatic heterocycles. The summed E-state index contributed by atoms with van der Waals surface area (Å²) in [6.07, 6.45) is 5.04. The molecular weight excluding hydrogens is 310 g/mol. The molecule has 0 aliphatic rings. The lowest BCUT2D eigenvalue weighted by molar-refractivity contribution is 0.312. The van der Waals surface area contributed by atoms with Crippen LogP contribution in [0.15, 0.2) is 22.7 Å². The van der Waals surface area contributed by atoms with E-state index in [1.807, 2.05) is 23.9 Å². The van der Waals surface area contributed by atoms with Gasteiger partial charge in [0.05, 0.1) is 11.1 Å². The number of nitrogens with two attached hydrogens (primary N) is 1. The number of hydrogen-bond acceptors (Lipinski definition) is 3. The van der Waals surface area contributed by atoms with Gasteiger partial charge in [0.1, 0.15) is 5.75 Å². The van der Waals surface area contributed by atoms with Gasteiger partial charge in [0.15, 0.2) is 0 Å². The number of para-hydroxylation sites is 1. The third kappa shape index (κ3) is 5.21. The quantitative estimate of drug-likeness (QED) is 0.734. The van der Waals surface area contributed by atoms with Crippen LogP contribution in [0.4, 0.5) is 0 Å². The molecule has 2 nitrogen and oxygen atoms in total. The zero-order valence-corrected chi connectivity index (χ0v) is 13.5. The second-order valence-corrected chi connectivity index (χ2v) is 6.14. The maximum atomic E-state index is 6.03. The molecule has 4 heteroatoms. The molecule has 0 radical (unpaired) electrons. The lowest BCUT2D eigenvalue weighted by Crippen LogP contribution is -2.21. The summed E-state index contributed by atoms with van der Waals surface area (Å²) in [5.41, 5.74) is 7.22. The van der Waals surface area contributed by atoms with Crippen molar-refractivity contribution in [2.75, 3.05) is 18.6 Å². The first-order valence-electron chi connectivity index (χ1n) is 6.33. The number of hydrogen-bond donors (Lipinski definition) is 1. The van der Waals surface area contributed by atoms with Gasteiger partial charge in [-0.3, -0.25) is 0 Å². The number of thioether (sulfide) groups is 1. The Morgan fingerprint density at radius 2 is 2.22 bits per heavy atom. The molecule has 0 saturated heterocycles. The Hall–Kier alpha value is -0.190. The summed E-state index contributed by atoms with van der Waals surface area (Å²) in [7, 11) is 0. The van der Waals surface area contributed by atoms with E-state index in [-0.39, 0.29) is 6.04 Å². The Morgan fingerprint density at radius 3 is 2.89 bits per heavy atom. The molecule has 0 heterocycles. The van der Waals surface area contributed by atoms with E-state index in [0.29, 0.717) is 0 Å². The molecule has 1 aromatic rings. The van der Waals surface area contributed by atoms with E-state index in [4.69, 9.17) is 10.5 Å². The Balaban J connectivity index is 2.67. The second kappa shape index (κ2) is 8.83. The third-order valence-electron chi connectivity index (χ3n) is 2.79. The molecule has 102 valence electrons. The van der Waals surface area contributed by atoms with Crippen molar-refractivity contribution in [2.45, 2.75) is 32.2 Å². The van der Waals surface area contributed by atoms with E-state index in [1.165, 1.54) is 5.56 Å². The minimum atomic E-state index is 0.202. The predicted octanol–water partition coefficient (Wildman–Crippen LogP) is 3.86. The van der Waals surface area contributed by atoms with Crippen molar-refractivity contribution in [1.29, 1.82) is 0 Å². The predicted molar refractivity (Wildman–Crippen MR) is 84.6 cm³/mol. The summed E-state index contributed by atoms with van der Waals surface area (Å²) in [4.78, 5) is 0. The van der Waals surface area contributed by atoms with Crippen LogP contribution in [0.25, 0.3) is 0 Å². The van der Waals surface area contributed by atoms with Crippen LogP contribution < -0.4 is 10.5 Å². The van der Waals surface area contributed by atoms with E-state index in [1.54, 1.807) is 0 Å². The summed E-state index contributed by atoms with van der Waals surface area (Å²) in [6.45, 7) is 2.87. The first-order valence-corrected chi connectivity index (χ1v) is 8.52. The van der Waals surface area contributed by atoms with Crippen LogP contribution in [-0.4, -0.2) is 24.7 Å². The normalized spacial score (nSPS) is 12.4. The summed E-state index contributed by atoms with van der Waals surface area (Å²) in [5.74, 6) is 2.09. The van der Waals surface area contributed by atoms with Gasteiger partial charge in [-0.1, -0.05) is 19.1 Å². The monoisotopic (exact) mass is 331 g/mol. The highest BCUT2D eigenvalue weighted by atomic mass is 79.9. The summed E-state index contributed by atoms with van der Waals surface area (Å²) in [6, 6.07) is 6.36. The van der Waals surface area contributed by atoms with Gasteiger partial charge >= 0.3 is 0 Å². The zero-order chi connectivity index (χ0) is 13.4. The molecule has 1 aromatic carbocycles. The number of ether oxygens (including phenoxy) is 1. The molecule has 1 atom stereocenters. The van der Waals surface area contributed by atoms with Gasteiger partial charge in [-0.25, -0.2) is 0 Å². The molecule has 0 amide bonds. The summed E-state index contributed by atoms with van der Waals surface area (Å²) < 4.78 is 6.92. The van der Waals surface area contributed by atoms with Gasteiger partial charge in [0, 0.05) is 6.04 Å². The van der Waals surface area contributed by atoms with Crippen molar-refractivity contribution in [3.05, 3.63) is 28.2 Å². The topological polar surface area (TPSA) is 35.2 Å². The summed E-state index contributed by atoms with van der Waals surface area (Å²) >= 11 is 5.40. The Labute approximate surface area is 123 Å². The lowest BCUT2D eigenvalue weighted by Gasteiger charge is -2.15. The SMILES string of the molecule is CCC(N)Cc1cccc(Br)c1OCCCSC. The van der Waals surface area contributed by atoms with Crippen LogP contribution in [0.2, 0.25) is 0 Å². The van der Waals surface area contributed by atoms with Crippen molar-refractivity contribution >= 4 is 27.7 Å². The molecular formula is C14H22BrNOS. The fourth-order valence-electron chi connectivity index (χ4n) is 1.68. The van der Waals surface area contributed by atoms with Gasteiger partial charge in [0.2, 0.25) is 0 Å². The van der Waals surface area contributed by atoms with Crippen molar-refractivity contribution < 1.29 is 4.74 Å². The number of halogens is 1. The van der Waals surface area contributed by atoms with Crippen molar-refractivity contribution in [2.24, 2.45) is 5.73 Å². The van der Waals surface area contributed by atoms with Crippen LogP contribution in [-0.2, 0) is 6.42 Å². The van der Waals surface area contributed by atoms with Crippen LogP contribution in [0.5, 0.6) is 5.75 Å². The average molecular weight is 332 g/mol. The molecule has 0 fully saturated rings. The highest BCUT2D eigenvalue weighted by molar-refractivity contribution is 9.10. The standard InChI is InChI=1S/C14H22BrNOS/c1-3-12(16)10-11-6-4-7-13(15)14(11)17-8-5-9-18-2/h4,6-7,12H,3,5,8-10,16H2,1-2H3. The van der Waals surface area contributed by atoms with E-state index in [9.17, 15) is 0 Å². The molecule has 1 rings (SSSR count). The number of benzene rings is 1. The van der Waals surface area contributed by atoms with Crippen LogP contribution in [0, 0.1) is 0 Å². The third-order valence-corrected chi connectivity index (χ3v) is 4.12. The highest BCUT2D eigenvalue weighted by Gasteiger charge is 2.10. The second-order valence-electron chi connectivity index (χ2n) is 4.30.